The Hall–Kier alpha value is -4.64. The molecule has 11 heteroatoms. The van der Waals surface area contributed by atoms with Gasteiger partial charge < -0.3 is 19.9 Å². The monoisotopic (exact) mass is 546 g/mol. The molecule has 3 aromatic heterocycles. The summed E-state index contributed by atoms with van der Waals surface area (Å²) in [5.41, 5.74) is 3.55. The van der Waals surface area contributed by atoms with Crippen LogP contribution in [0.4, 0.5) is 20.3 Å². The average Bonchev–Trinajstić information content (AvgIpc) is 3.31. The van der Waals surface area contributed by atoms with Crippen molar-refractivity contribution in [2.45, 2.75) is 26.8 Å². The Labute approximate surface area is 229 Å². The zero-order valence-electron chi connectivity index (χ0n) is 22.3. The minimum absolute atomic E-state index is 0.0597. The highest BCUT2D eigenvalue weighted by atomic mass is 19.1. The van der Waals surface area contributed by atoms with E-state index in [0.29, 0.717) is 35.0 Å². The van der Waals surface area contributed by atoms with Crippen molar-refractivity contribution in [1.82, 2.24) is 24.7 Å². The zero-order chi connectivity index (χ0) is 28.2. The third-order valence-electron chi connectivity index (χ3n) is 6.33. The first-order chi connectivity index (χ1) is 19.4. The molecule has 5 aromatic rings. The van der Waals surface area contributed by atoms with Crippen LogP contribution in [0, 0.1) is 25.5 Å². The van der Waals surface area contributed by atoms with E-state index < -0.39 is 11.6 Å². The Morgan fingerprint density at radius 2 is 1.80 bits per heavy atom. The quantitative estimate of drug-likeness (QED) is 0.226. The van der Waals surface area contributed by atoms with Crippen molar-refractivity contribution in [2.75, 3.05) is 25.6 Å². The van der Waals surface area contributed by atoms with Crippen molar-refractivity contribution < 1.29 is 23.4 Å². The molecule has 206 valence electrons. The van der Waals surface area contributed by atoms with Crippen LogP contribution in [-0.4, -0.2) is 50.2 Å². The van der Waals surface area contributed by atoms with E-state index in [4.69, 9.17) is 19.6 Å². The molecule has 0 radical (unpaired) electrons. The Morgan fingerprint density at radius 1 is 1.02 bits per heavy atom. The maximum atomic E-state index is 15.0. The number of aromatic nitrogens is 5. The fourth-order valence-corrected chi connectivity index (χ4v) is 4.25. The predicted octanol–water partition coefficient (Wildman–Crippen LogP) is 5.35. The normalized spacial score (nSPS) is 11.2. The third-order valence-corrected chi connectivity index (χ3v) is 6.33. The molecule has 2 N–H and O–H groups in total. The number of ether oxygens (including phenoxy) is 2. The Bertz CT molecular complexity index is 1650. The molecule has 0 bridgehead atoms. The van der Waals surface area contributed by atoms with E-state index in [1.165, 1.54) is 11.8 Å². The number of fused-ring (bicyclic) bond motifs is 1. The molecule has 0 unspecified atom stereocenters. The highest BCUT2D eigenvalue weighted by Crippen LogP contribution is 2.32. The second-order valence-electron chi connectivity index (χ2n) is 9.19. The number of aliphatic hydroxyl groups excluding tert-OH is 1. The molecule has 0 amide bonds. The van der Waals surface area contributed by atoms with Crippen LogP contribution in [-0.2, 0) is 6.54 Å². The van der Waals surface area contributed by atoms with Crippen LogP contribution in [0.2, 0.25) is 0 Å². The fourth-order valence-electron chi connectivity index (χ4n) is 4.25. The summed E-state index contributed by atoms with van der Waals surface area (Å²) in [6, 6.07) is 11.5. The standard InChI is InChI=1S/C29H28F2N6O3/c1-17-14-32-18(2)11-24(17)34-28-26(39-3)15-33-29(35-28)27-20-7-4-5-8-25(20)37(36-27)16-21-22(30)12-19(13-23(21)31)40-10-6-9-38/h4-5,7-8,11-15,38H,6,9-10,16H2,1-3H3,(H,32,33,34,35). The predicted molar refractivity (Wildman–Crippen MR) is 147 cm³/mol. The van der Waals surface area contributed by atoms with Crippen LogP contribution in [0.25, 0.3) is 22.4 Å². The van der Waals surface area contributed by atoms with Gasteiger partial charge in [0.05, 0.1) is 32.0 Å². The van der Waals surface area contributed by atoms with Gasteiger partial charge >= 0.3 is 0 Å². The number of nitrogens with zero attached hydrogens (tertiary/aromatic N) is 5. The summed E-state index contributed by atoms with van der Waals surface area (Å²) in [6.07, 6.45) is 3.68. The Kier molecular flexibility index (Phi) is 7.83. The number of halogens is 2. The van der Waals surface area contributed by atoms with Gasteiger partial charge in [-0.05, 0) is 31.5 Å². The number of hydrogen-bond donors (Lipinski definition) is 2. The number of benzene rings is 2. The van der Waals surface area contributed by atoms with Gasteiger partial charge in [0.2, 0.25) is 0 Å². The molecular weight excluding hydrogens is 518 g/mol. The molecule has 0 atom stereocenters. The van der Waals surface area contributed by atoms with Gasteiger partial charge in [0.15, 0.2) is 17.4 Å². The van der Waals surface area contributed by atoms with E-state index in [0.717, 1.165) is 34.5 Å². The van der Waals surface area contributed by atoms with Crippen LogP contribution < -0.4 is 14.8 Å². The zero-order valence-corrected chi connectivity index (χ0v) is 22.3. The number of aliphatic hydroxyl groups is 1. The number of para-hydroxylation sites is 1. The minimum Gasteiger partial charge on any atom is -0.493 e. The highest BCUT2D eigenvalue weighted by Gasteiger charge is 2.20. The van der Waals surface area contributed by atoms with Crippen molar-refractivity contribution in [3.63, 3.8) is 0 Å². The van der Waals surface area contributed by atoms with E-state index >= 15 is 0 Å². The molecule has 0 aliphatic carbocycles. The van der Waals surface area contributed by atoms with Gasteiger partial charge in [0.1, 0.15) is 23.1 Å². The van der Waals surface area contributed by atoms with Gasteiger partial charge in [-0.15, -0.1) is 0 Å². The lowest BCUT2D eigenvalue weighted by molar-refractivity contribution is 0.232. The second kappa shape index (κ2) is 11.6. The van der Waals surface area contributed by atoms with Crippen molar-refractivity contribution in [2.24, 2.45) is 0 Å². The Morgan fingerprint density at radius 3 is 2.55 bits per heavy atom. The third kappa shape index (κ3) is 5.55. The fraction of sp³-hybridized carbons (Fsp3) is 0.241. The first-order valence-corrected chi connectivity index (χ1v) is 12.7. The molecule has 0 saturated carbocycles. The van der Waals surface area contributed by atoms with Gasteiger partial charge in [-0.25, -0.2) is 18.7 Å². The molecule has 0 spiro atoms. The lowest BCUT2D eigenvalue weighted by Gasteiger charge is -2.13. The Balaban J connectivity index is 1.52. The summed E-state index contributed by atoms with van der Waals surface area (Å²) in [7, 11) is 1.53. The number of anilines is 2. The number of hydrogen-bond acceptors (Lipinski definition) is 8. The van der Waals surface area contributed by atoms with E-state index in [9.17, 15) is 8.78 Å². The average molecular weight is 547 g/mol. The lowest BCUT2D eigenvalue weighted by Crippen LogP contribution is -2.08. The van der Waals surface area contributed by atoms with Crippen molar-refractivity contribution >= 4 is 22.4 Å². The highest BCUT2D eigenvalue weighted by molar-refractivity contribution is 5.92. The SMILES string of the molecule is COc1cnc(-c2nn(Cc3c(F)cc(OCCCO)cc3F)c3ccccc23)nc1Nc1cc(C)ncc1C. The van der Waals surface area contributed by atoms with Gasteiger partial charge in [-0.1, -0.05) is 18.2 Å². The maximum absolute atomic E-state index is 15.0. The molecule has 2 aromatic carbocycles. The molecule has 0 aliphatic heterocycles. The lowest BCUT2D eigenvalue weighted by atomic mass is 10.1. The first kappa shape index (κ1) is 26.9. The number of methoxy groups -OCH3 is 1. The molecule has 0 aliphatic rings. The van der Waals surface area contributed by atoms with Crippen LogP contribution in [0.3, 0.4) is 0 Å². The summed E-state index contributed by atoms with van der Waals surface area (Å²) < 4.78 is 42.3. The van der Waals surface area contributed by atoms with Gasteiger partial charge in [0, 0.05) is 53.7 Å². The van der Waals surface area contributed by atoms with Crippen LogP contribution in [0.5, 0.6) is 11.5 Å². The minimum atomic E-state index is -0.754. The number of rotatable bonds is 10. The summed E-state index contributed by atoms with van der Waals surface area (Å²) in [5.74, 6) is -0.258. The van der Waals surface area contributed by atoms with E-state index in [2.05, 4.69) is 20.4 Å². The molecule has 0 fully saturated rings. The molecule has 5 rings (SSSR count). The van der Waals surface area contributed by atoms with Gasteiger partial charge in [-0.3, -0.25) is 9.67 Å². The van der Waals surface area contributed by atoms with E-state index in [1.54, 1.807) is 12.4 Å². The van der Waals surface area contributed by atoms with Crippen LogP contribution in [0.15, 0.2) is 54.9 Å². The van der Waals surface area contributed by atoms with E-state index in [-0.39, 0.29) is 31.1 Å². The smallest absolute Gasteiger partial charge is 0.183 e. The number of nitrogens with one attached hydrogen (secondary N) is 1. The number of aryl methyl sites for hydroxylation is 2. The van der Waals surface area contributed by atoms with Crippen LogP contribution in [0.1, 0.15) is 23.2 Å². The summed E-state index contributed by atoms with van der Waals surface area (Å²) in [6.45, 7) is 3.75. The summed E-state index contributed by atoms with van der Waals surface area (Å²) in [5, 5.41) is 17.6. The van der Waals surface area contributed by atoms with Crippen molar-refractivity contribution in [3.8, 4) is 23.0 Å². The topological polar surface area (TPSA) is 107 Å². The molecule has 40 heavy (non-hydrogen) atoms. The summed E-state index contributed by atoms with van der Waals surface area (Å²) in [4.78, 5) is 13.5. The van der Waals surface area contributed by atoms with Crippen LogP contribution >= 0.6 is 0 Å². The first-order valence-electron chi connectivity index (χ1n) is 12.7. The van der Waals surface area contributed by atoms with Crippen molar-refractivity contribution in [3.05, 3.63) is 83.3 Å². The summed E-state index contributed by atoms with van der Waals surface area (Å²) >= 11 is 0. The molecular formula is C29H28F2N6O3. The second-order valence-corrected chi connectivity index (χ2v) is 9.19. The van der Waals surface area contributed by atoms with Gasteiger partial charge in [-0.2, -0.15) is 5.10 Å². The van der Waals surface area contributed by atoms with Gasteiger partial charge in [0.25, 0.3) is 0 Å². The molecule has 3 heterocycles. The van der Waals surface area contributed by atoms with E-state index in [1.807, 2.05) is 44.2 Å². The van der Waals surface area contributed by atoms with Crippen molar-refractivity contribution in [1.29, 1.82) is 0 Å². The molecule has 0 saturated heterocycles. The largest absolute Gasteiger partial charge is 0.493 e. The number of pyridine rings is 1. The molecule has 9 nitrogen and oxygen atoms in total. The maximum Gasteiger partial charge on any atom is 0.183 e.